The minimum absolute atomic E-state index is 0.0390. The van der Waals surface area contributed by atoms with E-state index in [1.807, 2.05) is 168 Å². The second kappa shape index (κ2) is 42.0. The van der Waals surface area contributed by atoms with Gasteiger partial charge in [0.1, 0.15) is 11.5 Å². The first-order valence-corrected chi connectivity index (χ1v) is 37.6. The number of nitrogens with two attached hydrogens (primary N) is 7. The maximum Gasteiger partial charge on any atom is 0.204 e. The molecule has 0 heterocycles. The lowest BCUT2D eigenvalue weighted by Crippen LogP contribution is -2.28. The summed E-state index contributed by atoms with van der Waals surface area (Å²) < 4.78 is 0. The molecule has 4 aliphatic carbocycles. The third kappa shape index (κ3) is 24.1. The molecule has 24 heteroatoms. The molecule has 0 radical (unpaired) electrons. The van der Waals surface area contributed by atoms with Gasteiger partial charge in [-0.1, -0.05) is 45.9 Å². The van der Waals surface area contributed by atoms with Crippen LogP contribution in [0.3, 0.4) is 0 Å². The van der Waals surface area contributed by atoms with Crippen molar-refractivity contribution in [3.63, 3.8) is 0 Å². The highest BCUT2D eigenvalue weighted by molar-refractivity contribution is 6.25. The van der Waals surface area contributed by atoms with Crippen molar-refractivity contribution >= 4 is 126 Å². The van der Waals surface area contributed by atoms with Crippen molar-refractivity contribution in [3.05, 3.63) is 284 Å². The van der Waals surface area contributed by atoms with Crippen LogP contribution in [-0.2, 0) is 32.0 Å². The van der Waals surface area contributed by atoms with Crippen LogP contribution in [0.4, 0.5) is 79.6 Å². The van der Waals surface area contributed by atoms with Crippen molar-refractivity contribution in [2.75, 3.05) is 83.7 Å². The van der Waals surface area contributed by atoms with Crippen molar-refractivity contribution < 1.29 is 39.6 Å². The van der Waals surface area contributed by atoms with E-state index in [9.17, 15) is 34.5 Å². The van der Waals surface area contributed by atoms with Gasteiger partial charge in [-0.15, -0.1) is 0 Å². The number of allylic oxidation sites excluding steroid dienone is 12. The summed E-state index contributed by atoms with van der Waals surface area (Å²) in [6.07, 6.45) is 16.9. The van der Waals surface area contributed by atoms with E-state index in [0.29, 0.717) is 128 Å². The van der Waals surface area contributed by atoms with Gasteiger partial charge in [0.2, 0.25) is 5.78 Å². The molecule has 4 aliphatic rings. The third-order valence-corrected chi connectivity index (χ3v) is 19.0. The third-order valence-electron chi connectivity index (χ3n) is 19.0. The largest absolute Gasteiger partial charge is 0.508 e. The van der Waals surface area contributed by atoms with Gasteiger partial charge in [-0.3, -0.25) is 19.2 Å². The number of hydrogen-bond donors (Lipinski definition) is 16. The van der Waals surface area contributed by atoms with Crippen molar-refractivity contribution in [2.45, 2.75) is 95.9 Å². The Hall–Kier alpha value is -13.8. The van der Waals surface area contributed by atoms with E-state index in [-0.39, 0.29) is 47.8 Å². The second-order valence-electron chi connectivity index (χ2n) is 26.6. The molecule has 12 rings (SSSR count). The molecule has 0 spiro atoms. The number of phenols is 2. The smallest absolute Gasteiger partial charge is 0.204 e. The Labute approximate surface area is 673 Å². The van der Waals surface area contributed by atoms with Gasteiger partial charge in [0, 0.05) is 114 Å². The minimum Gasteiger partial charge on any atom is -0.508 e. The number of aliphatic hydroxyl groups is 2. The Kier molecular flexibility index (Phi) is 32.3. The number of nitrogens with one attached hydrogen (secondary N) is 5. The van der Waals surface area contributed by atoms with E-state index < -0.39 is 0 Å². The van der Waals surface area contributed by atoms with Crippen molar-refractivity contribution in [3.8, 4) is 11.5 Å². The first kappa shape index (κ1) is 88.4. The number of phenolic OH excluding ortho intramolecular Hbond substituents is 2. The van der Waals surface area contributed by atoms with Gasteiger partial charge in [0.25, 0.3) is 0 Å². The monoisotopic (exact) mass is 1550 g/mol. The lowest BCUT2D eigenvalue weighted by molar-refractivity contribution is -0.112. The highest BCUT2D eigenvalue weighted by Crippen LogP contribution is 2.39. The van der Waals surface area contributed by atoms with Crippen LogP contribution in [0, 0.1) is 55.4 Å². The lowest BCUT2D eigenvalue weighted by Gasteiger charge is -2.20. The molecule has 0 fully saturated rings. The molecule has 23 N–H and O–H groups in total. The predicted molar refractivity (Wildman–Crippen MR) is 475 cm³/mol. The number of nitrogen functional groups attached to an aromatic ring is 6. The highest BCUT2D eigenvalue weighted by Gasteiger charge is 2.24. The fraction of sp³-hybridized carbons (Fsp3) is 0.209. The van der Waals surface area contributed by atoms with Crippen molar-refractivity contribution in [1.82, 2.24) is 10.6 Å². The Morgan fingerprint density at radius 2 is 0.870 bits per heavy atom. The number of aliphatic hydroxyl groups excluding tert-OH is 2. The Balaban J connectivity index is 0.000000209. The van der Waals surface area contributed by atoms with E-state index >= 15 is 0 Å². The Morgan fingerprint density at radius 3 is 1.43 bits per heavy atom. The van der Waals surface area contributed by atoms with Gasteiger partial charge in [-0.05, 0) is 263 Å². The SMILES string of the molecule is CC.CC.CNc1cc(O)c(Nc2ccc(O)cc2)cc1N=C1C=CC(=O)C=C1.Cc1c(N)ccc(CC2=CC(=Nc3ccc(N)c(C)c3C)C(N)=CC2=O)c1C.Cc1c(N)ccc(N=C2C=C(Nc3ccc(N)c(C)c3C)C(=O)C=C2NCCO)c1C.Nc1ccc(CC2=CC(=Nc3ccc(N)cc3)C(NCCO)=CC2=O)cc1. The van der Waals surface area contributed by atoms with E-state index in [1.54, 1.807) is 86.0 Å². The maximum absolute atomic E-state index is 12.8. The molecule has 0 aromatic heterocycles. The second-order valence-corrected chi connectivity index (χ2v) is 26.6. The summed E-state index contributed by atoms with van der Waals surface area (Å²) in [6, 6.07) is 39.3. The molecule has 0 bridgehead atoms. The summed E-state index contributed by atoms with van der Waals surface area (Å²) in [5, 5.41) is 53.3. The fourth-order valence-electron chi connectivity index (χ4n) is 11.6. The summed E-state index contributed by atoms with van der Waals surface area (Å²) in [5.41, 5.74) is 67.0. The van der Waals surface area contributed by atoms with Crippen LogP contribution in [0.1, 0.15) is 83.3 Å². The molecule has 115 heavy (non-hydrogen) atoms. The van der Waals surface area contributed by atoms with Crippen molar-refractivity contribution in [2.24, 2.45) is 25.7 Å². The number of benzene rings is 8. The van der Waals surface area contributed by atoms with Crippen LogP contribution in [-0.4, -0.2) is 99.8 Å². The number of carbonyl (C=O) groups excluding carboxylic acids is 4. The molecule has 24 nitrogen and oxygen atoms in total. The van der Waals surface area contributed by atoms with Crippen LogP contribution in [0.15, 0.2) is 248 Å². The Bertz CT molecular complexity index is 5310. The topological polar surface area (TPSA) is 441 Å². The van der Waals surface area contributed by atoms with E-state index in [1.165, 1.54) is 30.4 Å². The zero-order valence-electron chi connectivity index (χ0n) is 67.5. The van der Waals surface area contributed by atoms with Gasteiger partial charge in [0.15, 0.2) is 17.3 Å². The number of carbonyl (C=O) groups is 4. The van der Waals surface area contributed by atoms with Crippen LogP contribution >= 0.6 is 0 Å². The van der Waals surface area contributed by atoms with Crippen molar-refractivity contribution in [1.29, 1.82) is 0 Å². The standard InChI is InChI=1S/C24H29N5O2.C23H26N4O.C21H22N4O2.C19H17N3O3.2C2H6/c1-13-15(3)19(7-5-17(13)25)28-22-11-23(24(31)12-21(22)27-9-10-30)29-20-8-6-18(26)14(2)16(20)4;1-12-13(2)18(24)6-5-16(12)9-17-10-22(20(26)11-23(17)28)27-21-8-7-19(25)14(3)15(21)4;22-16-3-1-14(2-4-16)11-15-12-20(19(13-21(15)27)24-9-10-26)25-18-7-5-17(23)6-8-18;1-20-16-11-19(25)18(22-13-4-8-15(24)9-5-13)10-17(16)21-12-2-6-14(23)7-3-12;2*1-2/h5-8,11-12,27,29-30H,9-10,25-26H2,1-4H3;5-8,10-11H,9,24-26H2,1-4H3;1-8,12-13,24,26H,9-11,22-23H2;2-11,20,22,24-25H,1H3;2*1-2H3. The molecule has 0 unspecified atom stereocenters. The summed E-state index contributed by atoms with van der Waals surface area (Å²) in [6.45, 7) is 24.3. The summed E-state index contributed by atoms with van der Waals surface area (Å²) in [5.74, 6) is -0.199. The number of aromatic hydroxyl groups is 2. The first-order chi connectivity index (χ1) is 55.0. The highest BCUT2D eigenvalue weighted by atomic mass is 16.3. The molecule has 0 saturated carbocycles. The van der Waals surface area contributed by atoms with E-state index in [0.717, 1.165) is 89.8 Å². The average Bonchev–Trinajstić information content (AvgIpc) is 0.814. The molecule has 0 aliphatic heterocycles. The number of aliphatic imine (C=N–C) groups is 4. The van der Waals surface area contributed by atoms with Gasteiger partial charge in [-0.2, -0.15) is 0 Å². The summed E-state index contributed by atoms with van der Waals surface area (Å²) >= 11 is 0. The summed E-state index contributed by atoms with van der Waals surface area (Å²) in [4.78, 5) is 67.7. The average molecular weight is 1550 g/mol. The molecule has 8 aromatic rings. The van der Waals surface area contributed by atoms with E-state index in [2.05, 4.69) is 36.6 Å². The quantitative estimate of drug-likeness (QED) is 0.0155. The number of anilines is 10. The first-order valence-electron chi connectivity index (χ1n) is 37.6. The number of ketones is 4. The molecule has 8 aromatic carbocycles. The van der Waals surface area contributed by atoms with Gasteiger partial charge in [-0.25, -0.2) is 20.0 Å². The lowest BCUT2D eigenvalue weighted by atomic mass is 9.91. The number of rotatable bonds is 19. The normalized spacial score (nSPS) is 14.4. The molecular formula is C91H106N16O8. The van der Waals surface area contributed by atoms with Gasteiger partial charge >= 0.3 is 0 Å². The zero-order chi connectivity index (χ0) is 84.3. The number of hydrogen-bond acceptors (Lipinski definition) is 24. The van der Waals surface area contributed by atoms with Gasteiger partial charge < -0.3 is 87.1 Å². The minimum atomic E-state index is -0.182. The Morgan fingerprint density at radius 1 is 0.391 bits per heavy atom. The zero-order valence-corrected chi connectivity index (χ0v) is 67.5. The van der Waals surface area contributed by atoms with Crippen LogP contribution in [0.25, 0.3) is 0 Å². The maximum atomic E-state index is 12.8. The molecule has 598 valence electrons. The molecular weight excluding hydrogens is 1450 g/mol. The molecule has 0 amide bonds. The van der Waals surface area contributed by atoms with E-state index in [4.69, 9.17) is 55.2 Å². The van der Waals surface area contributed by atoms with Crippen LogP contribution in [0.5, 0.6) is 11.5 Å². The number of nitrogens with zero attached hydrogens (tertiary/aromatic N) is 4. The predicted octanol–water partition coefficient (Wildman–Crippen LogP) is 14.8. The molecule has 0 saturated heterocycles. The van der Waals surface area contributed by atoms with Crippen LogP contribution in [0.2, 0.25) is 0 Å². The van der Waals surface area contributed by atoms with Crippen LogP contribution < -0.4 is 66.7 Å². The van der Waals surface area contributed by atoms with Gasteiger partial charge in [0.05, 0.1) is 93.0 Å². The molecule has 0 atom stereocenters. The summed E-state index contributed by atoms with van der Waals surface area (Å²) in [7, 11) is 1.74. The fourth-order valence-corrected chi connectivity index (χ4v) is 11.6.